The van der Waals surface area contributed by atoms with Crippen molar-refractivity contribution in [2.24, 2.45) is 0 Å². The molecule has 0 spiro atoms. The third-order valence-corrected chi connectivity index (χ3v) is 2.09. The molecule has 6 nitrogen and oxygen atoms in total. The Balaban J connectivity index is 3.65. The summed E-state index contributed by atoms with van der Waals surface area (Å²) in [5, 5.41) is 2.65. The van der Waals surface area contributed by atoms with Crippen molar-refractivity contribution in [1.29, 1.82) is 0 Å². The third-order valence-electron chi connectivity index (χ3n) is 2.09. The highest BCUT2D eigenvalue weighted by molar-refractivity contribution is 5.69. The summed E-state index contributed by atoms with van der Waals surface area (Å²) in [5.41, 5.74) is -0.485. The lowest BCUT2D eigenvalue weighted by Crippen LogP contribution is -2.37. The van der Waals surface area contributed by atoms with E-state index in [0.29, 0.717) is 26.1 Å². The number of alkyl carbamates (subject to hydrolysis) is 1. The summed E-state index contributed by atoms with van der Waals surface area (Å²) in [5.74, 6) is -0.234. The van der Waals surface area contributed by atoms with Gasteiger partial charge >= 0.3 is 12.1 Å². The van der Waals surface area contributed by atoms with E-state index in [1.807, 2.05) is 32.7 Å². The highest BCUT2D eigenvalue weighted by Gasteiger charge is 2.15. The predicted octanol–water partition coefficient (Wildman–Crippen LogP) is 1.01. The van der Waals surface area contributed by atoms with E-state index in [4.69, 9.17) is 4.74 Å². The van der Waals surface area contributed by atoms with Gasteiger partial charge in [0.15, 0.2) is 0 Å². The fraction of sp³-hybridized carbons (Fsp3) is 0.833. The number of rotatable bonds is 6. The molecule has 0 atom stereocenters. The van der Waals surface area contributed by atoms with Crippen LogP contribution in [0.2, 0.25) is 0 Å². The van der Waals surface area contributed by atoms with Gasteiger partial charge in [0.2, 0.25) is 0 Å². The maximum absolute atomic E-state index is 11.3. The van der Waals surface area contributed by atoms with Crippen LogP contribution in [0, 0.1) is 0 Å². The van der Waals surface area contributed by atoms with Crippen molar-refractivity contribution in [3.8, 4) is 0 Å². The van der Waals surface area contributed by atoms with Crippen molar-refractivity contribution >= 4 is 12.1 Å². The molecule has 0 saturated carbocycles. The van der Waals surface area contributed by atoms with E-state index in [-0.39, 0.29) is 5.97 Å². The minimum Gasteiger partial charge on any atom is -0.469 e. The lowest BCUT2D eigenvalue weighted by molar-refractivity contribution is -0.140. The first-order valence-corrected chi connectivity index (χ1v) is 5.97. The van der Waals surface area contributed by atoms with Gasteiger partial charge in [0.1, 0.15) is 5.60 Å². The van der Waals surface area contributed by atoms with Gasteiger partial charge in [0.25, 0.3) is 0 Å². The number of methoxy groups -OCH3 is 1. The molecule has 0 aliphatic carbocycles. The Morgan fingerprint density at radius 1 is 1.22 bits per heavy atom. The van der Waals surface area contributed by atoms with Crippen molar-refractivity contribution in [3.05, 3.63) is 0 Å². The summed E-state index contributed by atoms with van der Waals surface area (Å²) in [6.07, 6.45) is -0.0803. The Bertz CT molecular complexity index is 274. The number of hydrogen-bond acceptors (Lipinski definition) is 5. The number of nitrogens with zero attached hydrogens (tertiary/aromatic N) is 1. The van der Waals surface area contributed by atoms with E-state index in [9.17, 15) is 9.59 Å². The van der Waals surface area contributed by atoms with E-state index in [0.717, 1.165) is 0 Å². The highest BCUT2D eigenvalue weighted by Crippen LogP contribution is 2.06. The van der Waals surface area contributed by atoms with Crippen molar-refractivity contribution in [1.82, 2.24) is 10.2 Å². The molecule has 6 heteroatoms. The van der Waals surface area contributed by atoms with Crippen LogP contribution in [0.15, 0.2) is 0 Å². The van der Waals surface area contributed by atoms with Crippen molar-refractivity contribution in [2.45, 2.75) is 32.8 Å². The molecule has 1 amide bonds. The maximum atomic E-state index is 11.3. The average molecular weight is 260 g/mol. The summed E-state index contributed by atoms with van der Waals surface area (Å²) < 4.78 is 9.64. The summed E-state index contributed by atoms with van der Waals surface area (Å²) in [6, 6.07) is 0. The summed E-state index contributed by atoms with van der Waals surface area (Å²) in [6.45, 7) is 7.17. The average Bonchev–Trinajstić information content (AvgIpc) is 2.23. The molecule has 0 bridgehead atoms. The molecular weight excluding hydrogens is 236 g/mol. The molecule has 1 N–H and O–H groups in total. The second kappa shape index (κ2) is 7.92. The van der Waals surface area contributed by atoms with Crippen LogP contribution in [0.25, 0.3) is 0 Å². The zero-order chi connectivity index (χ0) is 14.2. The molecule has 0 fully saturated rings. The van der Waals surface area contributed by atoms with Gasteiger partial charge in [-0.05, 0) is 27.8 Å². The minimum absolute atomic E-state index is 0.234. The van der Waals surface area contributed by atoms with Crippen LogP contribution in [0.1, 0.15) is 27.2 Å². The van der Waals surface area contributed by atoms with E-state index in [2.05, 4.69) is 10.1 Å². The zero-order valence-electron chi connectivity index (χ0n) is 11.9. The smallest absolute Gasteiger partial charge is 0.407 e. The van der Waals surface area contributed by atoms with Crippen molar-refractivity contribution < 1.29 is 19.1 Å². The molecule has 0 unspecified atom stereocenters. The molecule has 0 aromatic rings. The lowest BCUT2D eigenvalue weighted by atomic mass is 10.2. The van der Waals surface area contributed by atoms with Crippen LogP contribution in [0.3, 0.4) is 0 Å². The molecule has 0 rings (SSSR count). The highest BCUT2D eigenvalue weighted by atomic mass is 16.6. The first-order chi connectivity index (χ1) is 8.24. The van der Waals surface area contributed by atoms with Crippen LogP contribution < -0.4 is 5.32 Å². The standard InChI is InChI=1S/C12H24N2O4/c1-12(2,3)18-11(16)13-7-9-14(4)8-6-10(15)17-5/h6-9H2,1-5H3,(H,13,16). The quantitative estimate of drug-likeness (QED) is 0.722. The first kappa shape index (κ1) is 16.7. The number of ether oxygens (including phenoxy) is 2. The monoisotopic (exact) mass is 260 g/mol. The number of carbonyl (C=O) groups excluding carboxylic acids is 2. The molecule has 0 aliphatic heterocycles. The minimum atomic E-state index is -0.485. The summed E-state index contributed by atoms with van der Waals surface area (Å²) >= 11 is 0. The number of esters is 1. The van der Waals surface area contributed by atoms with E-state index in [1.54, 1.807) is 0 Å². The molecule has 0 saturated heterocycles. The molecule has 18 heavy (non-hydrogen) atoms. The Morgan fingerprint density at radius 3 is 2.33 bits per heavy atom. The number of nitrogens with one attached hydrogen (secondary N) is 1. The predicted molar refractivity (Wildman–Crippen MR) is 68.4 cm³/mol. The fourth-order valence-corrected chi connectivity index (χ4v) is 1.16. The first-order valence-electron chi connectivity index (χ1n) is 5.97. The van der Waals surface area contributed by atoms with Crippen LogP contribution in [-0.4, -0.2) is 56.4 Å². The zero-order valence-corrected chi connectivity index (χ0v) is 11.9. The molecule has 106 valence electrons. The van der Waals surface area contributed by atoms with Crippen LogP contribution in [0.4, 0.5) is 4.79 Å². The molecular formula is C12H24N2O4. The fourth-order valence-electron chi connectivity index (χ4n) is 1.16. The van der Waals surface area contributed by atoms with Gasteiger partial charge < -0.3 is 19.7 Å². The van der Waals surface area contributed by atoms with Gasteiger partial charge in [-0.3, -0.25) is 4.79 Å². The van der Waals surface area contributed by atoms with Gasteiger partial charge in [0.05, 0.1) is 13.5 Å². The Morgan fingerprint density at radius 2 is 1.83 bits per heavy atom. The molecule has 0 aliphatic rings. The second-order valence-electron chi connectivity index (χ2n) is 5.06. The summed E-state index contributed by atoms with van der Waals surface area (Å²) in [4.78, 5) is 24.2. The maximum Gasteiger partial charge on any atom is 0.407 e. The number of carbonyl (C=O) groups is 2. The van der Waals surface area contributed by atoms with E-state index >= 15 is 0 Å². The van der Waals surface area contributed by atoms with E-state index in [1.165, 1.54) is 7.11 Å². The van der Waals surface area contributed by atoms with Gasteiger partial charge in [-0.2, -0.15) is 0 Å². The van der Waals surface area contributed by atoms with Gasteiger partial charge in [0, 0.05) is 19.6 Å². The van der Waals surface area contributed by atoms with Crippen LogP contribution in [0.5, 0.6) is 0 Å². The number of hydrogen-bond donors (Lipinski definition) is 1. The number of likely N-dealkylation sites (N-methyl/N-ethyl adjacent to an activating group) is 1. The normalized spacial score (nSPS) is 11.2. The molecule has 0 aromatic heterocycles. The van der Waals surface area contributed by atoms with Gasteiger partial charge in [-0.25, -0.2) is 4.79 Å². The van der Waals surface area contributed by atoms with Gasteiger partial charge in [-0.15, -0.1) is 0 Å². The molecule has 0 radical (unpaired) electrons. The Labute approximate surface area is 109 Å². The number of amides is 1. The van der Waals surface area contributed by atoms with Crippen molar-refractivity contribution in [2.75, 3.05) is 33.8 Å². The molecule has 0 heterocycles. The lowest BCUT2D eigenvalue weighted by Gasteiger charge is -2.21. The largest absolute Gasteiger partial charge is 0.469 e. The van der Waals surface area contributed by atoms with Crippen molar-refractivity contribution in [3.63, 3.8) is 0 Å². The Hall–Kier alpha value is -1.30. The van der Waals surface area contributed by atoms with Gasteiger partial charge in [-0.1, -0.05) is 0 Å². The summed E-state index contributed by atoms with van der Waals surface area (Å²) in [7, 11) is 3.24. The molecule has 0 aromatic carbocycles. The van der Waals surface area contributed by atoms with Crippen LogP contribution >= 0.6 is 0 Å². The second-order valence-corrected chi connectivity index (χ2v) is 5.06. The third kappa shape index (κ3) is 9.89. The van der Waals surface area contributed by atoms with Crippen LogP contribution in [-0.2, 0) is 14.3 Å². The topological polar surface area (TPSA) is 67.9 Å². The Kier molecular flexibility index (Phi) is 7.35. The SMILES string of the molecule is COC(=O)CCN(C)CCNC(=O)OC(C)(C)C. The van der Waals surface area contributed by atoms with E-state index < -0.39 is 11.7 Å².